The molecule has 1 aromatic heterocycles. The monoisotopic (exact) mass is 236 g/mol. The van der Waals surface area contributed by atoms with Crippen molar-refractivity contribution in [3.8, 4) is 18.0 Å². The van der Waals surface area contributed by atoms with Gasteiger partial charge in [-0.1, -0.05) is 24.1 Å². The lowest BCUT2D eigenvalue weighted by molar-refractivity contribution is -0.143. The van der Waals surface area contributed by atoms with Crippen molar-refractivity contribution in [2.24, 2.45) is 0 Å². The number of hydrogen-bond acceptors (Lipinski definition) is 1. The third-order valence-electron chi connectivity index (χ3n) is 2.19. The molecule has 2 nitrogen and oxygen atoms in total. The van der Waals surface area contributed by atoms with Crippen LogP contribution in [0.4, 0.5) is 13.2 Å². The molecular weight excluding hydrogens is 229 g/mol. The fourth-order valence-electron chi connectivity index (χ4n) is 1.49. The van der Waals surface area contributed by atoms with Crippen molar-refractivity contribution < 1.29 is 13.2 Å². The fourth-order valence-corrected chi connectivity index (χ4v) is 1.49. The first-order chi connectivity index (χ1) is 8.04. The normalized spacial score (nSPS) is 11.2. The first-order valence-electron chi connectivity index (χ1n) is 4.71. The van der Waals surface area contributed by atoms with Gasteiger partial charge in [-0.2, -0.15) is 18.3 Å². The Morgan fingerprint density at radius 1 is 1.18 bits per heavy atom. The Kier molecular flexibility index (Phi) is 2.64. The second-order valence-corrected chi connectivity index (χ2v) is 3.30. The van der Waals surface area contributed by atoms with Gasteiger partial charge in [0.15, 0.2) is 5.69 Å². The number of benzene rings is 1. The van der Waals surface area contributed by atoms with Gasteiger partial charge in [0.25, 0.3) is 0 Å². The molecule has 0 atom stereocenters. The molecule has 0 radical (unpaired) electrons. The van der Waals surface area contributed by atoms with Crippen molar-refractivity contribution in [2.75, 3.05) is 0 Å². The van der Waals surface area contributed by atoms with Gasteiger partial charge in [0.05, 0.1) is 17.4 Å². The SMILES string of the molecule is C#Cc1cnn(-c2ccccc2)c1C(F)(F)F. The summed E-state index contributed by atoms with van der Waals surface area (Å²) in [5.41, 5.74) is -0.867. The zero-order valence-electron chi connectivity index (χ0n) is 8.57. The summed E-state index contributed by atoms with van der Waals surface area (Å²) >= 11 is 0. The molecule has 1 aromatic carbocycles. The third kappa shape index (κ3) is 2.02. The van der Waals surface area contributed by atoms with Crippen molar-refractivity contribution in [2.45, 2.75) is 6.18 Å². The molecule has 0 aliphatic rings. The van der Waals surface area contributed by atoms with E-state index in [-0.39, 0.29) is 5.56 Å². The van der Waals surface area contributed by atoms with Crippen molar-refractivity contribution >= 4 is 0 Å². The molecule has 0 bridgehead atoms. The van der Waals surface area contributed by atoms with Crippen molar-refractivity contribution in [3.63, 3.8) is 0 Å². The minimum absolute atomic E-state index is 0.263. The highest BCUT2D eigenvalue weighted by atomic mass is 19.4. The molecular formula is C12H7F3N2. The Morgan fingerprint density at radius 2 is 1.82 bits per heavy atom. The summed E-state index contributed by atoms with van der Waals surface area (Å²) in [6.07, 6.45) is 1.54. The number of hydrogen-bond donors (Lipinski definition) is 0. The van der Waals surface area contributed by atoms with Crippen molar-refractivity contribution in [1.29, 1.82) is 0 Å². The minimum Gasteiger partial charge on any atom is -0.227 e. The number of rotatable bonds is 1. The lowest BCUT2D eigenvalue weighted by Crippen LogP contribution is -2.14. The maximum absolute atomic E-state index is 12.9. The molecule has 0 N–H and O–H groups in total. The lowest BCUT2D eigenvalue weighted by atomic mass is 10.2. The van der Waals surface area contributed by atoms with Crippen LogP contribution in [0.1, 0.15) is 11.3 Å². The number of alkyl halides is 3. The Balaban J connectivity index is 2.65. The number of para-hydroxylation sites is 1. The quantitative estimate of drug-likeness (QED) is 0.696. The average Bonchev–Trinajstić information content (AvgIpc) is 2.73. The molecule has 0 fully saturated rings. The van der Waals surface area contributed by atoms with Gasteiger partial charge in [-0.15, -0.1) is 6.42 Å². The minimum atomic E-state index is -4.53. The van der Waals surface area contributed by atoms with E-state index in [2.05, 4.69) is 5.10 Å². The summed E-state index contributed by atoms with van der Waals surface area (Å²) < 4.78 is 39.4. The third-order valence-corrected chi connectivity index (χ3v) is 2.19. The van der Waals surface area contributed by atoms with E-state index in [0.29, 0.717) is 5.69 Å². The van der Waals surface area contributed by atoms with E-state index in [1.807, 2.05) is 5.92 Å². The molecule has 17 heavy (non-hydrogen) atoms. The fraction of sp³-hybridized carbons (Fsp3) is 0.0833. The first-order valence-corrected chi connectivity index (χ1v) is 4.71. The van der Waals surface area contributed by atoms with E-state index in [4.69, 9.17) is 6.42 Å². The molecule has 0 unspecified atom stereocenters. The number of halogens is 3. The van der Waals surface area contributed by atoms with Gasteiger partial charge in [0.2, 0.25) is 0 Å². The van der Waals surface area contributed by atoms with Crippen LogP contribution in [0.3, 0.4) is 0 Å². The first kappa shape index (κ1) is 11.3. The molecule has 86 valence electrons. The molecule has 0 saturated heterocycles. The van der Waals surface area contributed by atoms with E-state index in [1.165, 1.54) is 12.1 Å². The van der Waals surface area contributed by atoms with E-state index in [9.17, 15) is 13.2 Å². The van der Waals surface area contributed by atoms with Crippen LogP contribution in [-0.4, -0.2) is 9.78 Å². The smallest absolute Gasteiger partial charge is 0.227 e. The van der Waals surface area contributed by atoms with Gasteiger partial charge >= 0.3 is 6.18 Å². The highest BCUT2D eigenvalue weighted by molar-refractivity contribution is 5.42. The maximum Gasteiger partial charge on any atom is 0.434 e. The van der Waals surface area contributed by atoms with E-state index in [0.717, 1.165) is 10.9 Å². The number of aromatic nitrogens is 2. The van der Waals surface area contributed by atoms with Crippen molar-refractivity contribution in [3.05, 3.63) is 47.8 Å². The van der Waals surface area contributed by atoms with Crippen molar-refractivity contribution in [1.82, 2.24) is 9.78 Å². The number of nitrogens with zero attached hydrogens (tertiary/aromatic N) is 2. The summed E-state index contributed by atoms with van der Waals surface area (Å²) in [6, 6.07) is 8.03. The average molecular weight is 236 g/mol. The second-order valence-electron chi connectivity index (χ2n) is 3.30. The largest absolute Gasteiger partial charge is 0.434 e. The van der Waals surface area contributed by atoms with Crippen LogP contribution in [0, 0.1) is 12.3 Å². The van der Waals surface area contributed by atoms with Gasteiger partial charge in [0.1, 0.15) is 0 Å². The standard InChI is InChI=1S/C12H7F3N2/c1-2-9-8-16-17(11(9)12(13,14)15)10-6-4-3-5-7-10/h1,3-8H. The Labute approximate surface area is 95.7 Å². The second kappa shape index (κ2) is 3.98. The van der Waals surface area contributed by atoms with Crippen LogP contribution < -0.4 is 0 Å². The van der Waals surface area contributed by atoms with Crippen LogP contribution in [0.25, 0.3) is 5.69 Å². The molecule has 2 rings (SSSR count). The molecule has 5 heteroatoms. The van der Waals surface area contributed by atoms with Gasteiger partial charge in [-0.25, -0.2) is 4.68 Å². The molecule has 0 amide bonds. The van der Waals surface area contributed by atoms with Gasteiger partial charge in [-0.05, 0) is 12.1 Å². The van der Waals surface area contributed by atoms with Crippen LogP contribution in [-0.2, 0) is 6.18 Å². The summed E-state index contributed by atoms with van der Waals surface area (Å²) in [6.45, 7) is 0. The van der Waals surface area contributed by atoms with Gasteiger partial charge < -0.3 is 0 Å². The Hall–Kier alpha value is -2.22. The highest BCUT2D eigenvalue weighted by Gasteiger charge is 2.38. The zero-order valence-corrected chi connectivity index (χ0v) is 8.57. The number of terminal acetylenes is 1. The predicted octanol–water partition coefficient (Wildman–Crippen LogP) is 2.87. The van der Waals surface area contributed by atoms with E-state index < -0.39 is 11.9 Å². The van der Waals surface area contributed by atoms with Crippen LogP contribution >= 0.6 is 0 Å². The summed E-state index contributed by atoms with van der Waals surface area (Å²) in [5, 5.41) is 3.68. The van der Waals surface area contributed by atoms with Crippen LogP contribution in [0.5, 0.6) is 0 Å². The van der Waals surface area contributed by atoms with E-state index in [1.54, 1.807) is 18.2 Å². The molecule has 0 spiro atoms. The lowest BCUT2D eigenvalue weighted by Gasteiger charge is -2.10. The van der Waals surface area contributed by atoms with Gasteiger partial charge in [0, 0.05) is 0 Å². The van der Waals surface area contributed by atoms with Crippen LogP contribution in [0.2, 0.25) is 0 Å². The van der Waals surface area contributed by atoms with E-state index >= 15 is 0 Å². The Morgan fingerprint density at radius 3 is 2.35 bits per heavy atom. The molecule has 2 aromatic rings. The Bertz CT molecular complexity index is 562. The molecule has 0 saturated carbocycles. The topological polar surface area (TPSA) is 17.8 Å². The summed E-state index contributed by atoms with van der Waals surface area (Å²) in [7, 11) is 0. The summed E-state index contributed by atoms with van der Waals surface area (Å²) in [4.78, 5) is 0. The molecule has 0 aliphatic heterocycles. The predicted molar refractivity (Wildman–Crippen MR) is 56.5 cm³/mol. The summed E-state index contributed by atoms with van der Waals surface area (Å²) in [5.74, 6) is 1.99. The molecule has 1 heterocycles. The van der Waals surface area contributed by atoms with Gasteiger partial charge in [-0.3, -0.25) is 0 Å². The molecule has 0 aliphatic carbocycles. The zero-order chi connectivity index (χ0) is 12.5. The van der Waals surface area contributed by atoms with Crippen LogP contribution in [0.15, 0.2) is 36.5 Å². The highest BCUT2D eigenvalue weighted by Crippen LogP contribution is 2.33. The maximum atomic E-state index is 12.9.